The normalized spacial score (nSPS) is 10.5. The molecule has 6 nitrogen and oxygen atoms in total. The van der Waals surface area contributed by atoms with Gasteiger partial charge in [0.25, 0.3) is 0 Å². The Hall–Kier alpha value is -3.28. The molecule has 3 aromatic rings. The number of rotatable bonds is 8. The minimum atomic E-state index is -0.0963. The molecule has 0 saturated carbocycles. The van der Waals surface area contributed by atoms with Gasteiger partial charge in [0.1, 0.15) is 12.4 Å². The molecule has 0 unspecified atom stereocenters. The monoisotopic (exact) mass is 378 g/mol. The number of carbonyl (C=O) groups excluding carboxylic acids is 1. The van der Waals surface area contributed by atoms with Crippen LogP contribution in [-0.2, 0) is 6.42 Å². The van der Waals surface area contributed by atoms with Gasteiger partial charge in [0.15, 0.2) is 0 Å². The van der Waals surface area contributed by atoms with Gasteiger partial charge in [0.2, 0.25) is 0 Å². The maximum Gasteiger partial charge on any atom is 0.317 e. The topological polar surface area (TPSA) is 59.4 Å². The Balaban J connectivity index is 1.36. The molecular formula is C22H26N4O2. The zero-order chi connectivity index (χ0) is 19.8. The molecule has 0 fully saturated rings. The summed E-state index contributed by atoms with van der Waals surface area (Å²) in [6, 6.07) is 17.9. The summed E-state index contributed by atoms with van der Waals surface area (Å²) in [6.45, 7) is 3.60. The molecule has 146 valence electrons. The van der Waals surface area contributed by atoms with Crippen molar-refractivity contribution in [1.29, 1.82) is 0 Å². The van der Waals surface area contributed by atoms with Crippen LogP contribution in [0.3, 0.4) is 0 Å². The Morgan fingerprint density at radius 2 is 2.00 bits per heavy atom. The van der Waals surface area contributed by atoms with E-state index < -0.39 is 0 Å². The van der Waals surface area contributed by atoms with E-state index in [0.29, 0.717) is 19.7 Å². The number of likely N-dealkylation sites (N-methyl/N-ethyl adjacent to an activating group) is 1. The maximum atomic E-state index is 12.2. The van der Waals surface area contributed by atoms with Gasteiger partial charge in [-0.1, -0.05) is 24.3 Å². The fraction of sp³-hybridized carbons (Fsp3) is 0.273. The summed E-state index contributed by atoms with van der Waals surface area (Å²) < 4.78 is 7.51. The van der Waals surface area contributed by atoms with E-state index >= 15 is 0 Å². The van der Waals surface area contributed by atoms with E-state index in [-0.39, 0.29) is 6.03 Å². The Labute approximate surface area is 165 Å². The van der Waals surface area contributed by atoms with Gasteiger partial charge in [-0.2, -0.15) is 5.10 Å². The van der Waals surface area contributed by atoms with E-state index in [4.69, 9.17) is 4.74 Å². The molecule has 0 spiro atoms. The number of hydrogen-bond donors (Lipinski definition) is 1. The lowest BCUT2D eigenvalue weighted by Crippen LogP contribution is -2.40. The Morgan fingerprint density at radius 3 is 2.71 bits per heavy atom. The van der Waals surface area contributed by atoms with Crippen molar-refractivity contribution in [3.63, 3.8) is 0 Å². The first-order valence-electron chi connectivity index (χ1n) is 9.39. The summed E-state index contributed by atoms with van der Waals surface area (Å²) in [7, 11) is 1.77. The highest BCUT2D eigenvalue weighted by atomic mass is 16.5. The third kappa shape index (κ3) is 5.61. The highest BCUT2D eigenvalue weighted by Crippen LogP contribution is 2.12. The third-order valence-corrected chi connectivity index (χ3v) is 4.43. The minimum Gasteiger partial charge on any atom is -0.492 e. The number of urea groups is 1. The van der Waals surface area contributed by atoms with E-state index in [9.17, 15) is 4.79 Å². The highest BCUT2D eigenvalue weighted by molar-refractivity contribution is 5.73. The second kappa shape index (κ2) is 9.60. The number of benzene rings is 2. The molecule has 0 aliphatic rings. The number of ether oxygens (including phenoxy) is 1. The molecular weight excluding hydrogens is 352 g/mol. The van der Waals surface area contributed by atoms with E-state index in [1.54, 1.807) is 18.1 Å². The lowest BCUT2D eigenvalue weighted by Gasteiger charge is -2.18. The number of aromatic nitrogens is 2. The summed E-state index contributed by atoms with van der Waals surface area (Å²) >= 11 is 0. The van der Waals surface area contributed by atoms with Gasteiger partial charge in [0, 0.05) is 26.0 Å². The fourth-order valence-corrected chi connectivity index (χ4v) is 2.79. The average molecular weight is 378 g/mol. The minimum absolute atomic E-state index is 0.0963. The molecule has 0 aliphatic heterocycles. The molecule has 0 atom stereocenters. The quantitative estimate of drug-likeness (QED) is 0.653. The predicted molar refractivity (Wildman–Crippen MR) is 110 cm³/mol. The molecule has 0 saturated heterocycles. The molecule has 1 heterocycles. The van der Waals surface area contributed by atoms with E-state index in [1.165, 1.54) is 5.56 Å². The molecule has 0 bridgehead atoms. The van der Waals surface area contributed by atoms with Gasteiger partial charge >= 0.3 is 6.03 Å². The Bertz CT molecular complexity index is 876. The summed E-state index contributed by atoms with van der Waals surface area (Å²) in [5.41, 5.74) is 3.34. The van der Waals surface area contributed by atoms with Crippen LogP contribution in [0.4, 0.5) is 4.79 Å². The second-order valence-electron chi connectivity index (χ2n) is 6.69. The van der Waals surface area contributed by atoms with E-state index in [1.807, 2.05) is 60.3 Å². The Kier molecular flexibility index (Phi) is 6.68. The molecule has 6 heteroatoms. The summed E-state index contributed by atoms with van der Waals surface area (Å²) in [6.07, 6.45) is 4.44. The molecule has 2 aromatic carbocycles. The van der Waals surface area contributed by atoms with Gasteiger partial charge in [-0.05, 0) is 54.8 Å². The zero-order valence-corrected chi connectivity index (χ0v) is 16.3. The number of amides is 2. The number of hydrogen-bond acceptors (Lipinski definition) is 3. The van der Waals surface area contributed by atoms with Crippen molar-refractivity contribution in [2.45, 2.75) is 13.3 Å². The molecule has 2 amide bonds. The van der Waals surface area contributed by atoms with Crippen LogP contribution in [0.5, 0.6) is 5.75 Å². The first-order chi connectivity index (χ1) is 13.6. The molecule has 1 N–H and O–H groups in total. The van der Waals surface area contributed by atoms with Gasteiger partial charge < -0.3 is 15.0 Å². The van der Waals surface area contributed by atoms with Crippen LogP contribution in [0.25, 0.3) is 5.69 Å². The van der Waals surface area contributed by atoms with Crippen LogP contribution in [0.2, 0.25) is 0 Å². The van der Waals surface area contributed by atoms with Crippen molar-refractivity contribution in [2.75, 3.05) is 26.7 Å². The van der Waals surface area contributed by atoms with E-state index in [0.717, 1.165) is 23.4 Å². The summed E-state index contributed by atoms with van der Waals surface area (Å²) in [5.74, 6) is 0.826. The predicted octanol–water partition coefficient (Wildman–Crippen LogP) is 3.44. The van der Waals surface area contributed by atoms with Crippen LogP contribution in [0, 0.1) is 6.92 Å². The van der Waals surface area contributed by atoms with Crippen LogP contribution in [-0.4, -0.2) is 47.5 Å². The van der Waals surface area contributed by atoms with Crippen molar-refractivity contribution in [3.05, 3.63) is 78.1 Å². The van der Waals surface area contributed by atoms with Crippen molar-refractivity contribution < 1.29 is 9.53 Å². The first kappa shape index (κ1) is 19.5. The van der Waals surface area contributed by atoms with Crippen LogP contribution >= 0.6 is 0 Å². The molecule has 0 aliphatic carbocycles. The summed E-state index contributed by atoms with van der Waals surface area (Å²) in [5, 5.41) is 7.16. The van der Waals surface area contributed by atoms with Crippen LogP contribution < -0.4 is 10.1 Å². The molecule has 0 radical (unpaired) electrons. The standard InChI is InChI=1S/C22H26N4O2/c1-18-5-3-6-21(17-18)28-16-15-25(2)22(27)23-13-11-19-7-9-20(10-8-19)26-14-4-12-24-26/h3-10,12,14,17H,11,13,15-16H2,1-2H3,(H,23,27). The van der Waals surface area contributed by atoms with Crippen molar-refractivity contribution in [1.82, 2.24) is 20.0 Å². The fourth-order valence-electron chi connectivity index (χ4n) is 2.79. The lowest BCUT2D eigenvalue weighted by atomic mass is 10.1. The Morgan fingerprint density at radius 1 is 1.18 bits per heavy atom. The maximum absolute atomic E-state index is 12.2. The highest BCUT2D eigenvalue weighted by Gasteiger charge is 2.08. The second-order valence-corrected chi connectivity index (χ2v) is 6.69. The molecule has 28 heavy (non-hydrogen) atoms. The zero-order valence-electron chi connectivity index (χ0n) is 16.3. The molecule has 1 aromatic heterocycles. The van der Waals surface area contributed by atoms with Gasteiger partial charge in [-0.3, -0.25) is 0 Å². The van der Waals surface area contributed by atoms with Crippen molar-refractivity contribution in [3.8, 4) is 11.4 Å². The largest absolute Gasteiger partial charge is 0.492 e. The van der Waals surface area contributed by atoms with Crippen LogP contribution in [0.15, 0.2) is 67.0 Å². The number of carbonyl (C=O) groups is 1. The van der Waals surface area contributed by atoms with Gasteiger partial charge in [0.05, 0.1) is 12.2 Å². The van der Waals surface area contributed by atoms with Crippen LogP contribution in [0.1, 0.15) is 11.1 Å². The smallest absolute Gasteiger partial charge is 0.317 e. The van der Waals surface area contributed by atoms with Gasteiger partial charge in [-0.15, -0.1) is 0 Å². The van der Waals surface area contributed by atoms with Crippen molar-refractivity contribution in [2.24, 2.45) is 0 Å². The number of aryl methyl sites for hydroxylation is 1. The summed E-state index contributed by atoms with van der Waals surface area (Å²) in [4.78, 5) is 13.8. The third-order valence-electron chi connectivity index (χ3n) is 4.43. The molecule has 3 rings (SSSR count). The first-order valence-corrected chi connectivity index (χ1v) is 9.39. The lowest BCUT2D eigenvalue weighted by molar-refractivity contribution is 0.195. The van der Waals surface area contributed by atoms with E-state index in [2.05, 4.69) is 22.5 Å². The number of nitrogens with one attached hydrogen (secondary N) is 1. The average Bonchev–Trinajstić information content (AvgIpc) is 3.23. The number of nitrogens with zero attached hydrogens (tertiary/aromatic N) is 3. The van der Waals surface area contributed by atoms with Gasteiger partial charge in [-0.25, -0.2) is 9.48 Å². The SMILES string of the molecule is Cc1cccc(OCCN(C)C(=O)NCCc2ccc(-n3cccn3)cc2)c1. The van der Waals surface area contributed by atoms with Crippen molar-refractivity contribution >= 4 is 6.03 Å².